The zero-order valence-corrected chi connectivity index (χ0v) is 13.3. The summed E-state index contributed by atoms with van der Waals surface area (Å²) < 4.78 is 0. The van der Waals surface area contributed by atoms with Gasteiger partial charge in [0.2, 0.25) is 0 Å². The lowest BCUT2D eigenvalue weighted by atomic mass is 10.0. The number of piperidine rings is 1. The van der Waals surface area contributed by atoms with Gasteiger partial charge in [-0.3, -0.25) is 0 Å². The van der Waals surface area contributed by atoms with Crippen LogP contribution in [0.3, 0.4) is 0 Å². The minimum atomic E-state index is 0.622. The number of likely N-dealkylation sites (tertiary alicyclic amines) is 1. The Morgan fingerprint density at radius 3 is 3.15 bits per heavy atom. The van der Waals surface area contributed by atoms with E-state index in [1.54, 1.807) is 11.3 Å². The normalized spacial score (nSPS) is 20.4. The van der Waals surface area contributed by atoms with Gasteiger partial charge in [-0.15, -0.1) is 22.7 Å². The fourth-order valence-corrected chi connectivity index (χ4v) is 4.19. The summed E-state index contributed by atoms with van der Waals surface area (Å²) in [7, 11) is 0. The molecule has 2 N–H and O–H groups in total. The Bertz CT molecular complexity index is 563. The second-order valence-electron chi connectivity index (χ2n) is 5.49. The van der Waals surface area contributed by atoms with Crippen LogP contribution in [-0.2, 0) is 6.42 Å². The molecule has 108 valence electrons. The topological polar surface area (TPSA) is 55.0 Å². The highest BCUT2D eigenvalue weighted by molar-refractivity contribution is 7.16. The summed E-state index contributed by atoms with van der Waals surface area (Å²) in [6.45, 7) is 5.95. The van der Waals surface area contributed by atoms with Gasteiger partial charge in [-0.05, 0) is 25.3 Å². The van der Waals surface area contributed by atoms with E-state index < -0.39 is 0 Å². The number of rotatable bonds is 4. The van der Waals surface area contributed by atoms with Gasteiger partial charge in [0.25, 0.3) is 0 Å². The van der Waals surface area contributed by atoms with Gasteiger partial charge < -0.3 is 10.6 Å². The van der Waals surface area contributed by atoms with Gasteiger partial charge in [0, 0.05) is 31.1 Å². The van der Waals surface area contributed by atoms with E-state index in [-0.39, 0.29) is 0 Å². The summed E-state index contributed by atoms with van der Waals surface area (Å²) in [6, 6.07) is 0. The predicted octanol–water partition coefficient (Wildman–Crippen LogP) is 3.12. The molecule has 1 unspecified atom stereocenters. The summed E-state index contributed by atoms with van der Waals surface area (Å²) in [5.74, 6) is 0.841. The Morgan fingerprint density at radius 2 is 2.40 bits per heavy atom. The van der Waals surface area contributed by atoms with Crippen molar-refractivity contribution in [1.29, 1.82) is 0 Å². The van der Waals surface area contributed by atoms with Crippen LogP contribution in [-0.4, -0.2) is 34.5 Å². The highest BCUT2D eigenvalue weighted by Crippen LogP contribution is 2.28. The van der Waals surface area contributed by atoms with Crippen molar-refractivity contribution in [3.8, 4) is 10.6 Å². The summed E-state index contributed by atoms with van der Waals surface area (Å²) in [4.78, 5) is 12.5. The fraction of sp³-hybridized carbons (Fsp3) is 0.571. The van der Waals surface area contributed by atoms with Crippen LogP contribution in [0, 0.1) is 5.92 Å². The van der Waals surface area contributed by atoms with Gasteiger partial charge in [-0.1, -0.05) is 6.92 Å². The molecule has 0 saturated carbocycles. The molecule has 1 aliphatic rings. The van der Waals surface area contributed by atoms with Crippen LogP contribution >= 0.6 is 22.7 Å². The standard InChI is InChI=1S/C14H20N4S2/c1-10-3-2-5-18(8-10)6-4-13-16-7-12(20-13)11-9-19-14(15)17-11/h7,9-10H,2-6,8H2,1H3,(H2,15,17). The molecule has 0 spiro atoms. The molecule has 4 nitrogen and oxygen atoms in total. The smallest absolute Gasteiger partial charge is 0.180 e. The lowest BCUT2D eigenvalue weighted by molar-refractivity contribution is 0.186. The molecule has 1 aliphatic heterocycles. The molecule has 2 aromatic heterocycles. The van der Waals surface area contributed by atoms with E-state index in [2.05, 4.69) is 21.8 Å². The van der Waals surface area contributed by atoms with Crippen molar-refractivity contribution in [2.24, 2.45) is 5.92 Å². The van der Waals surface area contributed by atoms with Crippen molar-refractivity contribution in [1.82, 2.24) is 14.9 Å². The Labute approximate surface area is 127 Å². The van der Waals surface area contributed by atoms with Crippen molar-refractivity contribution >= 4 is 27.8 Å². The second-order valence-corrected chi connectivity index (χ2v) is 7.49. The molecule has 6 heteroatoms. The van der Waals surface area contributed by atoms with Gasteiger partial charge >= 0.3 is 0 Å². The van der Waals surface area contributed by atoms with E-state index in [0.29, 0.717) is 5.13 Å². The maximum Gasteiger partial charge on any atom is 0.180 e. The maximum absolute atomic E-state index is 5.68. The van der Waals surface area contributed by atoms with Crippen LogP contribution < -0.4 is 5.73 Å². The van der Waals surface area contributed by atoms with Crippen molar-refractivity contribution in [3.63, 3.8) is 0 Å². The Morgan fingerprint density at radius 1 is 1.50 bits per heavy atom. The SMILES string of the molecule is CC1CCCN(CCc2ncc(-c3csc(N)n3)s2)C1. The molecule has 20 heavy (non-hydrogen) atoms. The minimum absolute atomic E-state index is 0.622. The number of hydrogen-bond donors (Lipinski definition) is 1. The molecular weight excluding hydrogens is 288 g/mol. The first kappa shape index (κ1) is 14.0. The van der Waals surface area contributed by atoms with E-state index in [1.807, 2.05) is 11.6 Å². The average Bonchev–Trinajstić information content (AvgIpc) is 3.05. The lowest BCUT2D eigenvalue weighted by Crippen LogP contribution is -2.35. The molecule has 1 atom stereocenters. The number of aromatic nitrogens is 2. The molecule has 1 saturated heterocycles. The first-order chi connectivity index (χ1) is 9.70. The zero-order valence-electron chi connectivity index (χ0n) is 11.7. The third-order valence-corrected chi connectivity index (χ3v) is 5.46. The highest BCUT2D eigenvalue weighted by atomic mass is 32.1. The maximum atomic E-state index is 5.68. The molecule has 0 aromatic carbocycles. The molecule has 3 rings (SSSR count). The fourth-order valence-electron chi connectivity index (χ4n) is 2.69. The first-order valence-corrected chi connectivity index (χ1v) is 8.79. The molecular formula is C14H20N4S2. The zero-order chi connectivity index (χ0) is 13.9. The van der Waals surface area contributed by atoms with E-state index in [1.165, 1.54) is 42.3 Å². The average molecular weight is 308 g/mol. The van der Waals surface area contributed by atoms with E-state index in [4.69, 9.17) is 5.73 Å². The number of nitrogens with zero attached hydrogens (tertiary/aromatic N) is 3. The number of anilines is 1. The predicted molar refractivity (Wildman–Crippen MR) is 86.2 cm³/mol. The molecule has 0 bridgehead atoms. The molecule has 3 heterocycles. The molecule has 2 aromatic rings. The van der Waals surface area contributed by atoms with Crippen molar-refractivity contribution in [2.75, 3.05) is 25.4 Å². The molecule has 1 fully saturated rings. The Hall–Kier alpha value is -0.980. The van der Waals surface area contributed by atoms with Crippen molar-refractivity contribution < 1.29 is 0 Å². The second kappa shape index (κ2) is 6.20. The van der Waals surface area contributed by atoms with Crippen LogP contribution in [0.2, 0.25) is 0 Å². The summed E-state index contributed by atoms with van der Waals surface area (Å²) in [5, 5.41) is 3.82. The third-order valence-electron chi connectivity index (χ3n) is 3.71. The molecule has 0 amide bonds. The highest BCUT2D eigenvalue weighted by Gasteiger charge is 2.16. The van der Waals surface area contributed by atoms with Gasteiger partial charge in [-0.25, -0.2) is 9.97 Å². The molecule has 0 radical (unpaired) electrons. The first-order valence-electron chi connectivity index (χ1n) is 7.09. The van der Waals surface area contributed by atoms with Crippen LogP contribution in [0.25, 0.3) is 10.6 Å². The Balaban J connectivity index is 1.57. The lowest BCUT2D eigenvalue weighted by Gasteiger charge is -2.30. The Kier molecular flexibility index (Phi) is 4.33. The van der Waals surface area contributed by atoms with E-state index in [9.17, 15) is 0 Å². The van der Waals surface area contributed by atoms with Gasteiger partial charge in [0.15, 0.2) is 5.13 Å². The summed E-state index contributed by atoms with van der Waals surface area (Å²) in [6.07, 6.45) is 5.68. The van der Waals surface area contributed by atoms with Crippen LogP contribution in [0.5, 0.6) is 0 Å². The van der Waals surface area contributed by atoms with Gasteiger partial charge in [0.1, 0.15) is 0 Å². The van der Waals surface area contributed by atoms with Crippen molar-refractivity contribution in [3.05, 3.63) is 16.6 Å². The van der Waals surface area contributed by atoms with E-state index >= 15 is 0 Å². The monoisotopic (exact) mass is 308 g/mol. The number of hydrogen-bond acceptors (Lipinski definition) is 6. The van der Waals surface area contributed by atoms with Crippen LogP contribution in [0.15, 0.2) is 11.6 Å². The third kappa shape index (κ3) is 3.37. The number of thiazole rings is 2. The minimum Gasteiger partial charge on any atom is -0.375 e. The number of nitrogen functional groups attached to an aromatic ring is 1. The van der Waals surface area contributed by atoms with Gasteiger partial charge in [0.05, 0.1) is 15.6 Å². The quantitative estimate of drug-likeness (QED) is 0.943. The van der Waals surface area contributed by atoms with Crippen LogP contribution in [0.4, 0.5) is 5.13 Å². The summed E-state index contributed by atoms with van der Waals surface area (Å²) in [5.41, 5.74) is 6.64. The van der Waals surface area contributed by atoms with Gasteiger partial charge in [-0.2, -0.15) is 0 Å². The number of nitrogens with two attached hydrogens (primary N) is 1. The van der Waals surface area contributed by atoms with E-state index in [0.717, 1.165) is 29.5 Å². The largest absolute Gasteiger partial charge is 0.375 e. The summed E-state index contributed by atoms with van der Waals surface area (Å²) >= 11 is 3.22. The van der Waals surface area contributed by atoms with Crippen molar-refractivity contribution in [2.45, 2.75) is 26.2 Å². The molecule has 0 aliphatic carbocycles. The van der Waals surface area contributed by atoms with Crippen LogP contribution in [0.1, 0.15) is 24.8 Å².